The van der Waals surface area contributed by atoms with E-state index in [9.17, 15) is 0 Å². The molecule has 0 aliphatic carbocycles. The van der Waals surface area contributed by atoms with Crippen LogP contribution in [-0.4, -0.2) is 41.5 Å². The first-order valence-electron chi connectivity index (χ1n) is 11.1. The van der Waals surface area contributed by atoms with E-state index >= 15 is 0 Å². The Hall–Kier alpha value is -2.40. The van der Waals surface area contributed by atoms with Gasteiger partial charge in [0, 0.05) is 61.0 Å². The van der Waals surface area contributed by atoms with E-state index in [2.05, 4.69) is 90.6 Å². The summed E-state index contributed by atoms with van der Waals surface area (Å²) in [6.07, 6.45) is 0. The number of benzene rings is 2. The fourth-order valence-electron chi connectivity index (χ4n) is 4.31. The van der Waals surface area contributed by atoms with Crippen LogP contribution >= 0.6 is 11.8 Å². The molecule has 0 fully saturated rings. The molecule has 2 aromatic carbocycles. The lowest BCUT2D eigenvalue weighted by Gasteiger charge is -2.21. The first-order chi connectivity index (χ1) is 14.7. The monoisotopic (exact) mass is 420 g/mol. The van der Waals surface area contributed by atoms with Crippen molar-refractivity contribution >= 4 is 23.1 Å². The molecule has 0 amide bonds. The minimum atomic E-state index is 1.02. The molecule has 0 saturated carbocycles. The normalized spacial score (nSPS) is 12.8. The number of thioether (sulfide) groups is 1. The highest BCUT2D eigenvalue weighted by atomic mass is 32.2. The maximum Gasteiger partial charge on any atom is 0.169 e. The van der Waals surface area contributed by atoms with Crippen LogP contribution in [-0.2, 0) is 6.54 Å². The summed E-state index contributed by atoms with van der Waals surface area (Å²) in [7, 11) is 0. The summed E-state index contributed by atoms with van der Waals surface area (Å²) in [5, 5.41) is 1.14. The van der Waals surface area contributed by atoms with Crippen LogP contribution in [0.15, 0.2) is 53.7 Å². The molecule has 3 aromatic rings. The lowest BCUT2D eigenvalue weighted by molar-refractivity contribution is 0.726. The summed E-state index contributed by atoms with van der Waals surface area (Å²) >= 11 is 1.86. The van der Waals surface area contributed by atoms with Gasteiger partial charge in [0.1, 0.15) is 0 Å². The van der Waals surface area contributed by atoms with Gasteiger partial charge in [0.05, 0.1) is 11.4 Å². The average molecular weight is 421 g/mol. The van der Waals surface area contributed by atoms with Crippen molar-refractivity contribution in [3.63, 3.8) is 0 Å². The molecule has 0 N–H and O–H groups in total. The Bertz CT molecular complexity index is 968. The number of hydrogen-bond acceptors (Lipinski definition) is 4. The molecular weight excluding hydrogens is 388 g/mol. The van der Waals surface area contributed by atoms with Crippen molar-refractivity contribution in [2.24, 2.45) is 0 Å². The Balaban J connectivity index is 1.73. The van der Waals surface area contributed by atoms with Crippen molar-refractivity contribution in [1.82, 2.24) is 9.55 Å². The standard InChI is InChI=1S/C25H32N4S/c1-5-27(6-2)21-13-9-19(10-14-21)23-24(29-17-18-30-25(29)26-23)20-11-15-22(16-12-20)28(7-3)8-4/h9-16H,5-8,17-18H2,1-4H3. The van der Waals surface area contributed by atoms with Gasteiger partial charge in [-0.15, -0.1) is 0 Å². The zero-order valence-electron chi connectivity index (χ0n) is 18.6. The van der Waals surface area contributed by atoms with Crippen molar-refractivity contribution in [2.75, 3.05) is 41.7 Å². The van der Waals surface area contributed by atoms with Crippen LogP contribution < -0.4 is 9.80 Å². The minimum Gasteiger partial charge on any atom is -0.372 e. The second-order valence-electron chi connectivity index (χ2n) is 7.53. The van der Waals surface area contributed by atoms with Crippen LogP contribution in [0.1, 0.15) is 27.7 Å². The molecule has 1 aliphatic heterocycles. The fourth-order valence-corrected chi connectivity index (χ4v) is 5.26. The van der Waals surface area contributed by atoms with Gasteiger partial charge in [0.25, 0.3) is 0 Å². The molecule has 4 rings (SSSR count). The Morgan fingerprint density at radius 1 is 0.767 bits per heavy atom. The summed E-state index contributed by atoms with van der Waals surface area (Å²) in [6.45, 7) is 13.9. The van der Waals surface area contributed by atoms with E-state index in [1.54, 1.807) is 0 Å². The van der Waals surface area contributed by atoms with E-state index in [1.807, 2.05) is 11.8 Å². The quantitative estimate of drug-likeness (QED) is 0.445. The molecule has 0 unspecified atom stereocenters. The Kier molecular flexibility index (Phi) is 6.38. The number of fused-ring (bicyclic) bond motifs is 1. The van der Waals surface area contributed by atoms with Crippen LogP contribution in [0, 0.1) is 0 Å². The number of anilines is 2. The number of hydrogen-bond donors (Lipinski definition) is 0. The number of imidazole rings is 1. The van der Waals surface area contributed by atoms with E-state index in [0.717, 1.165) is 49.3 Å². The predicted molar refractivity (Wildman–Crippen MR) is 131 cm³/mol. The van der Waals surface area contributed by atoms with Crippen molar-refractivity contribution in [3.8, 4) is 22.5 Å². The minimum absolute atomic E-state index is 1.02. The lowest BCUT2D eigenvalue weighted by Crippen LogP contribution is -2.21. The molecule has 0 radical (unpaired) electrons. The molecule has 0 spiro atoms. The zero-order chi connectivity index (χ0) is 21.1. The van der Waals surface area contributed by atoms with E-state index in [4.69, 9.17) is 4.98 Å². The summed E-state index contributed by atoms with van der Waals surface area (Å²) in [4.78, 5) is 9.80. The summed E-state index contributed by atoms with van der Waals surface area (Å²) < 4.78 is 2.39. The Labute approximate surface area is 184 Å². The predicted octanol–water partition coefficient (Wildman–Crippen LogP) is 6.02. The molecule has 0 bridgehead atoms. The second kappa shape index (κ2) is 9.17. The highest BCUT2D eigenvalue weighted by molar-refractivity contribution is 7.99. The molecule has 30 heavy (non-hydrogen) atoms. The van der Waals surface area contributed by atoms with Gasteiger partial charge in [-0.05, 0) is 52.0 Å². The van der Waals surface area contributed by atoms with E-state index in [-0.39, 0.29) is 0 Å². The fraction of sp³-hybridized carbons (Fsp3) is 0.400. The van der Waals surface area contributed by atoms with Crippen molar-refractivity contribution in [2.45, 2.75) is 39.4 Å². The van der Waals surface area contributed by atoms with Crippen molar-refractivity contribution in [1.29, 1.82) is 0 Å². The summed E-state index contributed by atoms with van der Waals surface area (Å²) in [6, 6.07) is 17.9. The molecule has 0 atom stereocenters. The molecule has 158 valence electrons. The lowest BCUT2D eigenvalue weighted by atomic mass is 10.0. The Morgan fingerprint density at radius 3 is 1.77 bits per heavy atom. The number of aromatic nitrogens is 2. The maximum atomic E-state index is 5.04. The highest BCUT2D eigenvalue weighted by Gasteiger charge is 2.24. The number of rotatable bonds is 8. The first kappa shape index (κ1) is 20.9. The van der Waals surface area contributed by atoms with E-state index in [0.29, 0.717) is 0 Å². The molecule has 0 saturated heterocycles. The van der Waals surface area contributed by atoms with Gasteiger partial charge in [-0.3, -0.25) is 0 Å². The van der Waals surface area contributed by atoms with Crippen LogP contribution in [0.4, 0.5) is 11.4 Å². The van der Waals surface area contributed by atoms with Crippen LogP contribution in [0.3, 0.4) is 0 Å². The van der Waals surface area contributed by atoms with E-state index in [1.165, 1.54) is 28.2 Å². The molecular formula is C25H32N4S. The molecule has 1 aromatic heterocycles. The van der Waals surface area contributed by atoms with Gasteiger partial charge < -0.3 is 14.4 Å². The average Bonchev–Trinajstić information content (AvgIpc) is 3.38. The van der Waals surface area contributed by atoms with Gasteiger partial charge in [-0.2, -0.15) is 0 Å². The molecule has 1 aliphatic rings. The summed E-state index contributed by atoms with van der Waals surface area (Å²) in [5.74, 6) is 1.11. The highest BCUT2D eigenvalue weighted by Crippen LogP contribution is 2.39. The topological polar surface area (TPSA) is 24.3 Å². The smallest absolute Gasteiger partial charge is 0.169 e. The van der Waals surface area contributed by atoms with Gasteiger partial charge in [-0.1, -0.05) is 36.0 Å². The Morgan fingerprint density at radius 2 is 1.27 bits per heavy atom. The van der Waals surface area contributed by atoms with Crippen molar-refractivity contribution in [3.05, 3.63) is 48.5 Å². The van der Waals surface area contributed by atoms with Gasteiger partial charge in [-0.25, -0.2) is 4.98 Å². The first-order valence-corrected chi connectivity index (χ1v) is 12.1. The third-order valence-electron chi connectivity index (χ3n) is 6.02. The van der Waals surface area contributed by atoms with Crippen molar-refractivity contribution < 1.29 is 0 Å². The zero-order valence-corrected chi connectivity index (χ0v) is 19.4. The van der Waals surface area contributed by atoms with Gasteiger partial charge >= 0.3 is 0 Å². The van der Waals surface area contributed by atoms with Crippen LogP contribution in [0.2, 0.25) is 0 Å². The third-order valence-corrected chi connectivity index (χ3v) is 6.97. The summed E-state index contributed by atoms with van der Waals surface area (Å²) in [5.41, 5.74) is 7.33. The molecule has 2 heterocycles. The van der Waals surface area contributed by atoms with Gasteiger partial charge in [0.15, 0.2) is 5.16 Å². The largest absolute Gasteiger partial charge is 0.372 e. The van der Waals surface area contributed by atoms with Crippen LogP contribution in [0.5, 0.6) is 0 Å². The second-order valence-corrected chi connectivity index (χ2v) is 8.59. The molecule has 4 nitrogen and oxygen atoms in total. The van der Waals surface area contributed by atoms with E-state index < -0.39 is 0 Å². The maximum absolute atomic E-state index is 5.04. The SMILES string of the molecule is CCN(CC)c1ccc(-c2nc3n(c2-c2ccc(N(CC)CC)cc2)CCS3)cc1. The van der Waals surface area contributed by atoms with Gasteiger partial charge in [0.2, 0.25) is 0 Å². The molecule has 5 heteroatoms. The number of nitrogens with zero attached hydrogens (tertiary/aromatic N) is 4. The van der Waals surface area contributed by atoms with Crippen LogP contribution in [0.25, 0.3) is 22.5 Å². The third kappa shape index (κ3) is 3.83.